The van der Waals surface area contributed by atoms with E-state index in [9.17, 15) is 55.7 Å². The van der Waals surface area contributed by atoms with Crippen LogP contribution in [0.5, 0.6) is 0 Å². The van der Waals surface area contributed by atoms with Crippen molar-refractivity contribution in [2.24, 2.45) is 0 Å². The highest BCUT2D eigenvalue weighted by molar-refractivity contribution is 5.89. The molecule has 6 aromatic carbocycles. The fourth-order valence-corrected chi connectivity index (χ4v) is 8.37. The number of aliphatic hydroxyl groups excluding tert-OH is 4. The molecule has 0 aliphatic carbocycles. The number of carbonyl (C=O) groups excluding carboxylic acids is 1. The number of nitrogens with two attached hydrogens (primary N) is 1. The van der Waals surface area contributed by atoms with Crippen molar-refractivity contribution in [3.8, 4) is 33.8 Å². The zero-order valence-electron chi connectivity index (χ0n) is 45.4. The highest BCUT2D eigenvalue weighted by Crippen LogP contribution is 2.25. The molecule has 0 unspecified atom stereocenters. The van der Waals surface area contributed by atoms with Gasteiger partial charge in [0.25, 0.3) is 16.7 Å². The van der Waals surface area contributed by atoms with Crippen LogP contribution in [0.1, 0.15) is 31.5 Å². The van der Waals surface area contributed by atoms with E-state index >= 15 is 0 Å². The zero-order chi connectivity index (χ0) is 61.4. The first-order valence-electron chi connectivity index (χ1n) is 26.3. The maximum absolute atomic E-state index is 13.5. The second-order valence-corrected chi connectivity index (χ2v) is 19.4. The number of hydrogen-bond acceptors (Lipinski definition) is 15. The summed E-state index contributed by atoms with van der Waals surface area (Å²) in [5, 5.41) is 51.1. The Morgan fingerprint density at radius 2 is 0.920 bits per heavy atom. The van der Waals surface area contributed by atoms with Gasteiger partial charge in [-0.1, -0.05) is 51.3 Å². The van der Waals surface area contributed by atoms with E-state index in [2.05, 4.69) is 25.3 Å². The molecular weight excluding hydrogens is 1160 g/mol. The Morgan fingerprint density at radius 1 is 0.523 bits per heavy atom. The SMILES string of the molecule is C.C.Nc1cccc(Cn2nc(-c3cc(F)cc(F)c3)ccc2=O)c1.O=C1O[C@H](CO)CN1c1cccc(Cn2nc(-c3cc(F)cc(F)c3)ccc2=O)c1.O=c1ccc(-c2cc(F)cc(F)c2)nn1Cc1cccc(NC[C@H](O)CO)c1.OC[C@@H]1CO1. The van der Waals surface area contributed by atoms with Crippen LogP contribution in [0.15, 0.2) is 178 Å². The van der Waals surface area contributed by atoms with Gasteiger partial charge in [0.1, 0.15) is 47.1 Å². The van der Waals surface area contributed by atoms with Crippen LogP contribution in [0, 0.1) is 34.9 Å². The van der Waals surface area contributed by atoms with Crippen LogP contribution in [-0.2, 0) is 29.1 Å². The summed E-state index contributed by atoms with van der Waals surface area (Å²) in [7, 11) is 0. The number of ether oxygens (including phenoxy) is 2. The van der Waals surface area contributed by atoms with Crippen molar-refractivity contribution in [3.63, 3.8) is 0 Å². The van der Waals surface area contributed by atoms with Crippen LogP contribution in [0.25, 0.3) is 33.8 Å². The Bertz CT molecular complexity index is 3960. The molecule has 5 heterocycles. The number of amides is 1. The number of nitrogens with one attached hydrogen (secondary N) is 1. The second-order valence-electron chi connectivity index (χ2n) is 19.4. The summed E-state index contributed by atoms with van der Waals surface area (Å²) in [6, 6.07) is 38.5. The average Bonchev–Trinajstić information content (AvgIpc) is 4.08. The molecule has 7 N–H and O–H groups in total. The van der Waals surface area contributed by atoms with Crippen LogP contribution >= 0.6 is 0 Å². The highest BCUT2D eigenvalue weighted by Gasteiger charge is 2.32. The average molecular weight is 1220 g/mol. The van der Waals surface area contributed by atoms with Gasteiger partial charge in [0.15, 0.2) is 0 Å². The number of hydrogen-bond donors (Lipinski definition) is 6. The summed E-state index contributed by atoms with van der Waals surface area (Å²) in [6.07, 6.45) is -1.84. The monoisotopic (exact) mass is 1220 g/mol. The summed E-state index contributed by atoms with van der Waals surface area (Å²) in [4.78, 5) is 49.7. The molecule has 0 saturated carbocycles. The minimum atomic E-state index is -0.878. The summed E-state index contributed by atoms with van der Waals surface area (Å²) >= 11 is 0. The summed E-state index contributed by atoms with van der Waals surface area (Å²) < 4.78 is 93.9. The minimum absolute atomic E-state index is 0. The molecule has 19 nitrogen and oxygen atoms in total. The molecular formula is C63H63F6N9O10. The smallest absolute Gasteiger partial charge is 0.414 e. The van der Waals surface area contributed by atoms with Crippen molar-refractivity contribution < 1.29 is 61.0 Å². The number of epoxide rings is 1. The quantitative estimate of drug-likeness (QED) is 0.0304. The topological polar surface area (TPSA) is 266 Å². The number of nitrogen functional groups attached to an aromatic ring is 1. The van der Waals surface area contributed by atoms with Crippen molar-refractivity contribution in [1.82, 2.24) is 29.3 Å². The van der Waals surface area contributed by atoms with Gasteiger partial charge in [0.05, 0.1) is 75.8 Å². The van der Waals surface area contributed by atoms with Crippen molar-refractivity contribution in [2.75, 3.05) is 55.5 Å². The van der Waals surface area contributed by atoms with Gasteiger partial charge in [0, 0.05) is 76.7 Å². The number of carbonyl (C=O) groups is 1. The Balaban J connectivity index is 0.000000201. The molecule has 2 saturated heterocycles. The van der Waals surface area contributed by atoms with Gasteiger partial charge < -0.3 is 41.0 Å². The van der Waals surface area contributed by atoms with E-state index in [0.29, 0.717) is 28.3 Å². The third kappa shape index (κ3) is 19.4. The van der Waals surface area contributed by atoms with Crippen LogP contribution < -0.4 is 32.6 Å². The van der Waals surface area contributed by atoms with Gasteiger partial charge in [-0.2, -0.15) is 15.3 Å². The first-order chi connectivity index (χ1) is 41.3. The molecule has 2 aliphatic heterocycles. The van der Waals surface area contributed by atoms with E-state index in [4.69, 9.17) is 20.7 Å². The summed E-state index contributed by atoms with van der Waals surface area (Å²) in [5.74, 6) is -4.32. The molecule has 9 aromatic rings. The van der Waals surface area contributed by atoms with Gasteiger partial charge >= 0.3 is 6.09 Å². The fraction of sp³-hybridized carbons (Fsp3) is 0.222. The third-order valence-electron chi connectivity index (χ3n) is 12.6. The van der Waals surface area contributed by atoms with Gasteiger partial charge in [-0.05, 0) is 108 Å². The van der Waals surface area contributed by atoms with Gasteiger partial charge in [-0.25, -0.2) is 45.2 Å². The van der Waals surface area contributed by atoms with Gasteiger partial charge in [0.2, 0.25) is 0 Å². The predicted octanol–water partition coefficient (Wildman–Crippen LogP) is 8.02. The van der Waals surface area contributed by atoms with Gasteiger partial charge in [-0.3, -0.25) is 19.3 Å². The first-order valence-corrected chi connectivity index (χ1v) is 26.3. The van der Waals surface area contributed by atoms with Crippen LogP contribution in [-0.4, -0.2) is 114 Å². The number of benzene rings is 6. The Morgan fingerprint density at radius 3 is 1.30 bits per heavy atom. The summed E-state index contributed by atoms with van der Waals surface area (Å²) in [6.45, 7) is 1.20. The first kappa shape index (κ1) is 67.3. The van der Waals surface area contributed by atoms with Crippen molar-refractivity contribution in [1.29, 1.82) is 0 Å². The Labute approximate surface area is 500 Å². The van der Waals surface area contributed by atoms with Crippen LogP contribution in [0.2, 0.25) is 0 Å². The molecule has 3 aromatic heterocycles. The maximum atomic E-state index is 13.5. The summed E-state index contributed by atoms with van der Waals surface area (Å²) in [5.41, 5.74) is 10.3. The zero-order valence-corrected chi connectivity index (χ0v) is 45.4. The van der Waals surface area contributed by atoms with E-state index in [0.717, 1.165) is 60.2 Å². The molecule has 88 heavy (non-hydrogen) atoms. The third-order valence-corrected chi connectivity index (χ3v) is 12.6. The fourth-order valence-electron chi connectivity index (χ4n) is 8.37. The lowest BCUT2D eigenvalue weighted by Crippen LogP contribution is -2.26. The van der Waals surface area contributed by atoms with Crippen molar-refractivity contribution in [2.45, 2.75) is 52.8 Å². The molecule has 2 aliphatic rings. The largest absolute Gasteiger partial charge is 0.441 e. The second kappa shape index (κ2) is 31.6. The van der Waals surface area contributed by atoms with Gasteiger partial charge in [-0.15, -0.1) is 0 Å². The number of nitrogens with zero attached hydrogens (tertiary/aromatic N) is 7. The number of aliphatic hydroxyl groups is 4. The molecule has 1 amide bonds. The molecule has 3 atom stereocenters. The molecule has 25 heteroatoms. The minimum Gasteiger partial charge on any atom is -0.441 e. The number of halogens is 6. The van der Waals surface area contributed by atoms with E-state index in [-0.39, 0.29) is 118 Å². The number of aromatic nitrogens is 6. The van der Waals surface area contributed by atoms with E-state index < -0.39 is 53.2 Å². The standard InChI is InChI=1S/C21H17F2N3O4.C20H19F2N3O3.C17H13F2N3O.C3H6O2.2CH4/c22-15-7-14(8-16(23)9-15)19-4-5-20(28)26(24-19)10-13-2-1-3-17(6-13)25-11-18(12-27)30-21(25)29;21-15-7-14(8-16(22)9-15)19-4-5-20(28)25(24-19)11-13-2-1-3-17(6-13)23-10-18(27)12-26;18-13-7-12(8-14(19)9-13)16-4-5-17(23)22(21-16)10-11-2-1-3-15(20)6-11;4-1-3-2-5-3;;/h1-9,18,27H,10-12H2;1-9,18,23,26-27H,10-12H2;1-9H,10,20H2;3-4H,1-2H2;2*1H4/t2*18-;;3-;;/m00.1../s1. The molecule has 0 bridgehead atoms. The molecule has 462 valence electrons. The van der Waals surface area contributed by atoms with Crippen molar-refractivity contribution >= 4 is 23.2 Å². The van der Waals surface area contributed by atoms with E-state index in [1.165, 1.54) is 67.5 Å². The van der Waals surface area contributed by atoms with E-state index in [1.54, 1.807) is 66.7 Å². The van der Waals surface area contributed by atoms with Crippen molar-refractivity contribution in [3.05, 3.63) is 246 Å². The van der Waals surface area contributed by atoms with Crippen LogP contribution in [0.3, 0.4) is 0 Å². The number of anilines is 3. The highest BCUT2D eigenvalue weighted by atomic mass is 19.2. The normalized spacial score (nSPS) is 14.0. The molecule has 0 radical (unpaired) electrons. The lowest BCUT2D eigenvalue weighted by Gasteiger charge is -2.14. The Kier molecular flexibility index (Phi) is 24.1. The Hall–Kier alpha value is -9.79. The lowest BCUT2D eigenvalue weighted by molar-refractivity contribution is 0.0963. The maximum Gasteiger partial charge on any atom is 0.414 e. The number of rotatable bonds is 16. The molecule has 0 spiro atoms. The lowest BCUT2D eigenvalue weighted by atomic mass is 10.1. The predicted molar refractivity (Wildman–Crippen MR) is 319 cm³/mol. The van der Waals surface area contributed by atoms with Crippen LogP contribution in [0.4, 0.5) is 48.2 Å². The van der Waals surface area contributed by atoms with E-state index in [1.807, 2.05) is 6.07 Å². The molecule has 2 fully saturated rings. The number of cyclic esters (lactones) is 1. The molecule has 11 rings (SSSR count).